The first-order valence-corrected chi connectivity index (χ1v) is 4.31. The zero-order chi connectivity index (χ0) is 8.60. The Morgan fingerprint density at radius 1 is 1.50 bits per heavy atom. The summed E-state index contributed by atoms with van der Waals surface area (Å²) < 4.78 is 5.39. The van der Waals surface area contributed by atoms with Gasteiger partial charge < -0.3 is 4.74 Å². The first kappa shape index (κ1) is 8.02. The van der Waals surface area contributed by atoms with E-state index in [-0.39, 0.29) is 5.60 Å². The van der Waals surface area contributed by atoms with E-state index in [2.05, 4.69) is 4.98 Å². The quantitative estimate of drug-likeness (QED) is 0.703. The molecule has 0 saturated heterocycles. The first-order chi connectivity index (χ1) is 5.77. The van der Waals surface area contributed by atoms with E-state index in [1.165, 1.54) is 0 Å². The number of hydrogen-bond acceptors (Lipinski definition) is 2. The van der Waals surface area contributed by atoms with Crippen LogP contribution < -0.4 is 0 Å². The molecule has 1 aromatic rings. The molecule has 1 aliphatic rings. The van der Waals surface area contributed by atoms with Crippen molar-refractivity contribution in [1.29, 1.82) is 0 Å². The highest BCUT2D eigenvalue weighted by atomic mass is 35.5. The second-order valence-electron chi connectivity index (χ2n) is 3.09. The number of aromatic nitrogens is 1. The van der Waals surface area contributed by atoms with E-state index in [1.807, 2.05) is 12.3 Å². The molecule has 2 nitrogen and oxygen atoms in total. The van der Waals surface area contributed by atoms with Gasteiger partial charge in [0.15, 0.2) is 0 Å². The molecule has 0 aromatic carbocycles. The summed E-state index contributed by atoms with van der Waals surface area (Å²) in [5, 5.41) is 0.677. The summed E-state index contributed by atoms with van der Waals surface area (Å²) in [4.78, 5) is 4.03. The van der Waals surface area contributed by atoms with Gasteiger partial charge in [-0.3, -0.25) is 4.98 Å². The van der Waals surface area contributed by atoms with Crippen molar-refractivity contribution in [2.75, 3.05) is 7.11 Å². The zero-order valence-corrected chi connectivity index (χ0v) is 7.64. The minimum atomic E-state index is -0.0715. The fourth-order valence-corrected chi connectivity index (χ4v) is 1.56. The van der Waals surface area contributed by atoms with Crippen molar-refractivity contribution in [2.45, 2.75) is 18.4 Å². The molecule has 1 fully saturated rings. The third-order valence-electron chi connectivity index (χ3n) is 2.33. The first-order valence-electron chi connectivity index (χ1n) is 3.93. The number of methoxy groups -OCH3 is 1. The third-order valence-corrected chi connectivity index (χ3v) is 2.53. The van der Waals surface area contributed by atoms with E-state index in [1.54, 1.807) is 13.3 Å². The van der Waals surface area contributed by atoms with E-state index < -0.39 is 0 Å². The Morgan fingerprint density at radius 2 is 2.25 bits per heavy atom. The molecule has 0 amide bonds. The van der Waals surface area contributed by atoms with Gasteiger partial charge in [0, 0.05) is 25.1 Å². The van der Waals surface area contributed by atoms with Crippen molar-refractivity contribution in [3.05, 3.63) is 29.0 Å². The van der Waals surface area contributed by atoms with Crippen LogP contribution >= 0.6 is 11.6 Å². The maximum atomic E-state index is 5.82. The van der Waals surface area contributed by atoms with Crippen LogP contribution in [-0.4, -0.2) is 12.1 Å². The molecule has 0 N–H and O–H groups in total. The normalized spacial score (nSPS) is 19.2. The number of halogens is 1. The second-order valence-corrected chi connectivity index (χ2v) is 3.53. The van der Waals surface area contributed by atoms with Crippen LogP contribution in [0.5, 0.6) is 0 Å². The molecule has 1 aromatic heterocycles. The van der Waals surface area contributed by atoms with Crippen molar-refractivity contribution < 1.29 is 4.74 Å². The monoisotopic (exact) mass is 183 g/mol. The predicted octanol–water partition coefficient (Wildman–Crippen LogP) is 2.37. The lowest BCUT2D eigenvalue weighted by molar-refractivity contribution is 0.0786. The lowest BCUT2D eigenvalue weighted by Gasteiger charge is -2.12. The van der Waals surface area contributed by atoms with E-state index in [4.69, 9.17) is 16.3 Å². The summed E-state index contributed by atoms with van der Waals surface area (Å²) >= 11 is 5.82. The Kier molecular flexibility index (Phi) is 1.81. The lowest BCUT2D eigenvalue weighted by Crippen LogP contribution is -2.08. The maximum absolute atomic E-state index is 5.82. The molecule has 2 rings (SSSR count). The molecule has 1 aliphatic carbocycles. The second kappa shape index (κ2) is 2.71. The van der Waals surface area contributed by atoms with Gasteiger partial charge >= 0.3 is 0 Å². The van der Waals surface area contributed by atoms with Gasteiger partial charge in [0.1, 0.15) is 0 Å². The smallest absolute Gasteiger partial charge is 0.0945 e. The standard InChI is InChI=1S/C9H10ClNO/c1-12-9(2-3-9)7-4-8(10)6-11-5-7/h4-6H,2-3H2,1H3. The van der Waals surface area contributed by atoms with Gasteiger partial charge in [-0.15, -0.1) is 0 Å². The molecule has 0 spiro atoms. The Morgan fingerprint density at radius 3 is 2.75 bits per heavy atom. The molecule has 0 aliphatic heterocycles. The lowest BCUT2D eigenvalue weighted by atomic mass is 10.1. The topological polar surface area (TPSA) is 22.1 Å². The van der Waals surface area contributed by atoms with Crippen LogP contribution in [0.4, 0.5) is 0 Å². The van der Waals surface area contributed by atoms with E-state index in [0.29, 0.717) is 5.02 Å². The number of ether oxygens (including phenoxy) is 1. The van der Waals surface area contributed by atoms with Crippen LogP contribution in [-0.2, 0) is 10.3 Å². The minimum absolute atomic E-state index is 0.0715. The van der Waals surface area contributed by atoms with Crippen molar-refractivity contribution in [2.24, 2.45) is 0 Å². The van der Waals surface area contributed by atoms with E-state index in [9.17, 15) is 0 Å². The molecular formula is C9H10ClNO. The van der Waals surface area contributed by atoms with Crippen LogP contribution in [0.25, 0.3) is 0 Å². The molecule has 0 bridgehead atoms. The summed E-state index contributed by atoms with van der Waals surface area (Å²) in [6, 6.07) is 1.92. The van der Waals surface area contributed by atoms with E-state index >= 15 is 0 Å². The number of pyridine rings is 1. The summed E-state index contributed by atoms with van der Waals surface area (Å²) in [5.41, 5.74) is 1.02. The van der Waals surface area contributed by atoms with Crippen molar-refractivity contribution in [1.82, 2.24) is 4.98 Å². The number of nitrogens with zero attached hydrogens (tertiary/aromatic N) is 1. The van der Waals surface area contributed by atoms with Crippen LogP contribution in [0.3, 0.4) is 0 Å². The molecule has 12 heavy (non-hydrogen) atoms. The van der Waals surface area contributed by atoms with Gasteiger partial charge in [0.05, 0.1) is 10.6 Å². The van der Waals surface area contributed by atoms with Crippen molar-refractivity contribution in [3.63, 3.8) is 0 Å². The van der Waals surface area contributed by atoms with Gasteiger partial charge in [-0.25, -0.2) is 0 Å². The summed E-state index contributed by atoms with van der Waals surface area (Å²) in [6.45, 7) is 0. The molecule has 0 unspecified atom stereocenters. The summed E-state index contributed by atoms with van der Waals surface area (Å²) in [5.74, 6) is 0. The molecule has 0 atom stereocenters. The summed E-state index contributed by atoms with van der Waals surface area (Å²) in [6.07, 6.45) is 5.61. The predicted molar refractivity (Wildman–Crippen MR) is 47.2 cm³/mol. The van der Waals surface area contributed by atoms with Crippen molar-refractivity contribution in [3.8, 4) is 0 Å². The number of rotatable bonds is 2. The van der Waals surface area contributed by atoms with Gasteiger partial charge in [-0.05, 0) is 18.9 Å². The Bertz CT molecular complexity index is 296. The average molecular weight is 184 g/mol. The molecule has 1 heterocycles. The van der Waals surface area contributed by atoms with Crippen LogP contribution in [0.2, 0.25) is 5.02 Å². The molecule has 3 heteroatoms. The fourth-order valence-electron chi connectivity index (χ4n) is 1.39. The summed E-state index contributed by atoms with van der Waals surface area (Å²) in [7, 11) is 1.73. The highest BCUT2D eigenvalue weighted by molar-refractivity contribution is 6.30. The number of hydrogen-bond donors (Lipinski definition) is 0. The van der Waals surface area contributed by atoms with Gasteiger partial charge in [-0.1, -0.05) is 11.6 Å². The Balaban J connectivity index is 2.34. The van der Waals surface area contributed by atoms with Gasteiger partial charge in [0.25, 0.3) is 0 Å². The van der Waals surface area contributed by atoms with Gasteiger partial charge in [-0.2, -0.15) is 0 Å². The zero-order valence-electron chi connectivity index (χ0n) is 6.88. The van der Waals surface area contributed by atoms with Crippen LogP contribution in [0.15, 0.2) is 18.5 Å². The Labute approximate surface area is 76.5 Å². The molecule has 64 valence electrons. The van der Waals surface area contributed by atoms with Crippen molar-refractivity contribution >= 4 is 11.6 Å². The average Bonchev–Trinajstić information content (AvgIpc) is 2.84. The highest BCUT2D eigenvalue weighted by Crippen LogP contribution is 2.48. The molecule has 0 radical (unpaired) electrons. The minimum Gasteiger partial charge on any atom is -0.373 e. The van der Waals surface area contributed by atoms with Crippen LogP contribution in [0.1, 0.15) is 18.4 Å². The van der Waals surface area contributed by atoms with Crippen LogP contribution in [0, 0.1) is 0 Å². The third kappa shape index (κ3) is 1.21. The largest absolute Gasteiger partial charge is 0.373 e. The molecule has 1 saturated carbocycles. The maximum Gasteiger partial charge on any atom is 0.0945 e. The van der Waals surface area contributed by atoms with Gasteiger partial charge in [0.2, 0.25) is 0 Å². The fraction of sp³-hybridized carbons (Fsp3) is 0.444. The highest BCUT2D eigenvalue weighted by Gasteiger charge is 2.45. The molecular weight excluding hydrogens is 174 g/mol. The van der Waals surface area contributed by atoms with E-state index in [0.717, 1.165) is 18.4 Å². The Hall–Kier alpha value is -0.600. The SMILES string of the molecule is COC1(c2cncc(Cl)c2)CC1.